The largest absolute Gasteiger partial charge is 0.465 e. The Hall–Kier alpha value is -4.86. The number of nitrogens with zero attached hydrogens (tertiary/aromatic N) is 3. The number of nitro groups is 1. The molecular formula is C27H23N3O7. The maximum Gasteiger partial charge on any atom is 0.337 e. The SMILES string of the molecule is COC(=O)c1ccc(N2C(=O)CC(N(C(=O)c3cccc([N+](=O)[O-])c3)C(C)c3ccccc3)C2=O)cc1. The zero-order valence-electron chi connectivity index (χ0n) is 20.1. The number of benzene rings is 3. The van der Waals surface area contributed by atoms with Crippen molar-refractivity contribution in [2.24, 2.45) is 0 Å². The first-order valence-corrected chi connectivity index (χ1v) is 11.4. The van der Waals surface area contributed by atoms with Crippen LogP contribution in [0.2, 0.25) is 0 Å². The number of nitro benzene ring substituents is 1. The number of non-ortho nitro benzene ring substituents is 1. The highest BCUT2D eigenvalue weighted by atomic mass is 16.6. The molecule has 10 nitrogen and oxygen atoms in total. The van der Waals surface area contributed by atoms with E-state index in [0.29, 0.717) is 0 Å². The second-order valence-corrected chi connectivity index (χ2v) is 8.43. The lowest BCUT2D eigenvalue weighted by Crippen LogP contribution is -2.46. The maximum atomic E-state index is 13.7. The van der Waals surface area contributed by atoms with Crippen LogP contribution in [0.3, 0.4) is 0 Å². The van der Waals surface area contributed by atoms with Gasteiger partial charge in [0.1, 0.15) is 6.04 Å². The number of anilines is 1. The number of carbonyl (C=O) groups excluding carboxylic acids is 4. The van der Waals surface area contributed by atoms with Crippen LogP contribution in [0.25, 0.3) is 0 Å². The first-order valence-electron chi connectivity index (χ1n) is 11.4. The zero-order valence-corrected chi connectivity index (χ0v) is 20.1. The predicted molar refractivity (Wildman–Crippen MR) is 133 cm³/mol. The van der Waals surface area contributed by atoms with Crippen LogP contribution in [0.4, 0.5) is 11.4 Å². The van der Waals surface area contributed by atoms with E-state index in [1.165, 1.54) is 54.5 Å². The molecule has 188 valence electrons. The number of rotatable bonds is 7. The lowest BCUT2D eigenvalue weighted by atomic mass is 10.0. The van der Waals surface area contributed by atoms with Crippen LogP contribution in [0.5, 0.6) is 0 Å². The van der Waals surface area contributed by atoms with Crippen LogP contribution in [0.1, 0.15) is 45.7 Å². The van der Waals surface area contributed by atoms with E-state index < -0.39 is 40.7 Å². The molecule has 0 radical (unpaired) electrons. The van der Waals surface area contributed by atoms with E-state index in [1.54, 1.807) is 31.2 Å². The third-order valence-electron chi connectivity index (χ3n) is 6.24. The van der Waals surface area contributed by atoms with E-state index in [4.69, 9.17) is 0 Å². The Bertz CT molecular complexity index is 1370. The Kier molecular flexibility index (Phi) is 7.10. The van der Waals surface area contributed by atoms with Gasteiger partial charge in [0.2, 0.25) is 5.91 Å². The summed E-state index contributed by atoms with van der Waals surface area (Å²) in [5.41, 5.74) is 0.988. The minimum Gasteiger partial charge on any atom is -0.465 e. The van der Waals surface area contributed by atoms with Gasteiger partial charge in [0.25, 0.3) is 17.5 Å². The third kappa shape index (κ3) is 4.94. The molecule has 0 aromatic heterocycles. The lowest BCUT2D eigenvalue weighted by Gasteiger charge is -2.33. The number of methoxy groups -OCH3 is 1. The third-order valence-corrected chi connectivity index (χ3v) is 6.24. The highest BCUT2D eigenvalue weighted by molar-refractivity contribution is 6.23. The number of carbonyl (C=O) groups is 4. The molecule has 3 aromatic carbocycles. The van der Waals surface area contributed by atoms with Gasteiger partial charge in [-0.15, -0.1) is 0 Å². The normalized spacial score (nSPS) is 15.8. The topological polar surface area (TPSA) is 127 Å². The van der Waals surface area contributed by atoms with Crippen LogP contribution >= 0.6 is 0 Å². The van der Waals surface area contributed by atoms with Crippen molar-refractivity contribution in [3.05, 3.63) is 106 Å². The molecule has 37 heavy (non-hydrogen) atoms. The molecular weight excluding hydrogens is 478 g/mol. The van der Waals surface area contributed by atoms with Crippen LogP contribution in [-0.2, 0) is 14.3 Å². The quantitative estimate of drug-likeness (QED) is 0.208. The number of amides is 3. The number of ether oxygens (including phenoxy) is 1. The van der Waals surface area contributed by atoms with Crippen LogP contribution < -0.4 is 4.90 Å². The molecule has 2 atom stereocenters. The van der Waals surface area contributed by atoms with Crippen molar-refractivity contribution in [3.8, 4) is 0 Å². The van der Waals surface area contributed by atoms with E-state index in [2.05, 4.69) is 4.74 Å². The fraction of sp³-hybridized carbons (Fsp3) is 0.185. The number of imide groups is 1. The average Bonchev–Trinajstić information content (AvgIpc) is 3.21. The van der Waals surface area contributed by atoms with E-state index in [1.807, 2.05) is 6.07 Å². The minimum absolute atomic E-state index is 0.0260. The predicted octanol–water partition coefficient (Wildman–Crippen LogP) is 3.92. The van der Waals surface area contributed by atoms with Gasteiger partial charge < -0.3 is 9.64 Å². The summed E-state index contributed by atoms with van der Waals surface area (Å²) < 4.78 is 4.68. The van der Waals surface area contributed by atoms with Crippen molar-refractivity contribution in [2.75, 3.05) is 12.0 Å². The van der Waals surface area contributed by atoms with E-state index in [-0.39, 0.29) is 28.9 Å². The maximum absolute atomic E-state index is 13.7. The molecule has 0 aliphatic carbocycles. The molecule has 10 heteroatoms. The summed E-state index contributed by atoms with van der Waals surface area (Å²) in [7, 11) is 1.25. The van der Waals surface area contributed by atoms with Crippen LogP contribution in [0.15, 0.2) is 78.9 Å². The Morgan fingerprint density at radius 1 is 1.00 bits per heavy atom. The van der Waals surface area contributed by atoms with Crippen LogP contribution in [0, 0.1) is 10.1 Å². The summed E-state index contributed by atoms with van der Waals surface area (Å²) in [6.45, 7) is 1.73. The fourth-order valence-electron chi connectivity index (χ4n) is 4.35. The molecule has 0 N–H and O–H groups in total. The van der Waals surface area contributed by atoms with Gasteiger partial charge in [-0.1, -0.05) is 36.4 Å². The van der Waals surface area contributed by atoms with E-state index in [9.17, 15) is 29.3 Å². The first-order chi connectivity index (χ1) is 17.7. The second kappa shape index (κ2) is 10.4. The zero-order chi connectivity index (χ0) is 26.7. The Morgan fingerprint density at radius 3 is 2.30 bits per heavy atom. The van der Waals surface area contributed by atoms with E-state index in [0.717, 1.165) is 16.5 Å². The number of esters is 1. The fourth-order valence-corrected chi connectivity index (χ4v) is 4.35. The van der Waals surface area contributed by atoms with Crippen LogP contribution in [-0.4, -0.2) is 46.7 Å². The van der Waals surface area contributed by atoms with Crippen molar-refractivity contribution in [1.82, 2.24) is 4.90 Å². The van der Waals surface area contributed by atoms with Gasteiger partial charge in [-0.25, -0.2) is 9.69 Å². The van der Waals surface area contributed by atoms with Gasteiger partial charge in [0.15, 0.2) is 0 Å². The van der Waals surface area contributed by atoms with Crippen molar-refractivity contribution in [2.45, 2.75) is 25.4 Å². The van der Waals surface area contributed by atoms with Gasteiger partial charge in [-0.2, -0.15) is 0 Å². The van der Waals surface area contributed by atoms with Crippen molar-refractivity contribution in [3.63, 3.8) is 0 Å². The summed E-state index contributed by atoms with van der Waals surface area (Å²) in [6.07, 6.45) is -0.268. The van der Waals surface area contributed by atoms with Crippen molar-refractivity contribution < 1.29 is 28.8 Å². The molecule has 1 aliphatic rings. The molecule has 0 spiro atoms. The Labute approximate surface area is 212 Å². The first kappa shape index (κ1) is 25.2. The number of hydrogen-bond acceptors (Lipinski definition) is 7. The summed E-state index contributed by atoms with van der Waals surface area (Å²) in [5.74, 6) is -2.31. The molecule has 3 aromatic rings. The Morgan fingerprint density at radius 2 is 1.68 bits per heavy atom. The molecule has 1 saturated heterocycles. The second-order valence-electron chi connectivity index (χ2n) is 8.43. The average molecular weight is 501 g/mol. The monoisotopic (exact) mass is 501 g/mol. The minimum atomic E-state index is -1.14. The van der Waals surface area contributed by atoms with Gasteiger partial charge in [0.05, 0.1) is 35.7 Å². The van der Waals surface area contributed by atoms with Gasteiger partial charge in [-0.3, -0.25) is 24.5 Å². The standard InChI is InChI=1S/C27H23N3O7/c1-17(18-7-4-3-5-8-18)28(25(32)20-9-6-10-22(15-20)30(35)36)23-16-24(31)29(26(23)33)21-13-11-19(12-14-21)27(34)37-2/h3-15,17,23H,16H2,1-2H3. The molecule has 1 aliphatic heterocycles. The summed E-state index contributed by atoms with van der Waals surface area (Å²) in [6, 6.07) is 18.3. The van der Waals surface area contributed by atoms with Crippen molar-refractivity contribution >= 4 is 35.1 Å². The van der Waals surface area contributed by atoms with Crippen molar-refractivity contribution in [1.29, 1.82) is 0 Å². The summed E-state index contributed by atoms with van der Waals surface area (Å²) in [5, 5.41) is 11.3. The Balaban J connectivity index is 1.72. The molecule has 1 heterocycles. The smallest absolute Gasteiger partial charge is 0.337 e. The molecule has 4 rings (SSSR count). The molecule has 0 bridgehead atoms. The number of hydrogen-bond donors (Lipinski definition) is 0. The van der Waals surface area contributed by atoms with E-state index >= 15 is 0 Å². The molecule has 1 fully saturated rings. The highest BCUT2D eigenvalue weighted by Crippen LogP contribution is 2.33. The molecule has 2 unspecified atom stereocenters. The van der Waals surface area contributed by atoms with Gasteiger partial charge >= 0.3 is 5.97 Å². The van der Waals surface area contributed by atoms with Gasteiger partial charge in [-0.05, 0) is 42.8 Å². The van der Waals surface area contributed by atoms with Gasteiger partial charge in [0, 0.05) is 17.7 Å². The highest BCUT2D eigenvalue weighted by Gasteiger charge is 2.46. The summed E-state index contributed by atoms with van der Waals surface area (Å²) in [4.78, 5) is 65.1. The lowest BCUT2D eigenvalue weighted by molar-refractivity contribution is -0.384. The summed E-state index contributed by atoms with van der Waals surface area (Å²) >= 11 is 0. The molecule has 0 saturated carbocycles. The molecule has 3 amide bonds.